The molecule has 0 atom stereocenters. The number of nitrogens with zero attached hydrogens (tertiary/aromatic N) is 3. The third kappa shape index (κ3) is 2.62. The van der Waals surface area contributed by atoms with E-state index in [1.54, 1.807) is 0 Å². The molecule has 9 heteroatoms. The molecule has 0 saturated heterocycles. The SMILES string of the molecule is NC(=O)c1cn2c(C=CP(=O)(O)O)ccnc2n1. The Morgan fingerprint density at radius 3 is 2.83 bits per heavy atom. The van der Waals surface area contributed by atoms with Crippen LogP contribution >= 0.6 is 7.60 Å². The summed E-state index contributed by atoms with van der Waals surface area (Å²) in [4.78, 5) is 36.3. The fourth-order valence-electron chi connectivity index (χ4n) is 1.34. The molecule has 0 radical (unpaired) electrons. The van der Waals surface area contributed by atoms with E-state index in [9.17, 15) is 9.36 Å². The number of carbonyl (C=O) groups is 1. The first-order valence-electron chi connectivity index (χ1n) is 4.75. The second-order valence-corrected chi connectivity index (χ2v) is 4.91. The van der Waals surface area contributed by atoms with Crippen molar-refractivity contribution >= 4 is 25.4 Å². The van der Waals surface area contributed by atoms with Gasteiger partial charge in [-0.2, -0.15) is 0 Å². The van der Waals surface area contributed by atoms with E-state index in [1.165, 1.54) is 28.9 Å². The molecule has 2 heterocycles. The van der Waals surface area contributed by atoms with E-state index in [0.29, 0.717) is 5.69 Å². The highest BCUT2D eigenvalue weighted by atomic mass is 31.2. The molecule has 4 N–H and O–H groups in total. The first kappa shape index (κ1) is 12.4. The van der Waals surface area contributed by atoms with E-state index < -0.39 is 13.5 Å². The molecule has 18 heavy (non-hydrogen) atoms. The number of nitrogens with two attached hydrogens (primary N) is 1. The minimum Gasteiger partial charge on any atom is -0.364 e. The Kier molecular flexibility index (Phi) is 3.00. The van der Waals surface area contributed by atoms with Crippen LogP contribution in [0, 0.1) is 0 Å². The Hall–Kier alpha value is -2.02. The monoisotopic (exact) mass is 268 g/mol. The largest absolute Gasteiger partial charge is 0.364 e. The number of aromatic nitrogens is 3. The summed E-state index contributed by atoms with van der Waals surface area (Å²) < 4.78 is 12.2. The van der Waals surface area contributed by atoms with Gasteiger partial charge in [0.25, 0.3) is 5.91 Å². The highest BCUT2D eigenvalue weighted by molar-refractivity contribution is 7.55. The predicted octanol–water partition coefficient (Wildman–Crippen LogP) is -0.0234. The van der Waals surface area contributed by atoms with Gasteiger partial charge >= 0.3 is 7.60 Å². The van der Waals surface area contributed by atoms with Gasteiger partial charge in [0.2, 0.25) is 5.78 Å². The van der Waals surface area contributed by atoms with Crippen molar-refractivity contribution < 1.29 is 19.1 Å². The van der Waals surface area contributed by atoms with Crippen molar-refractivity contribution in [3.63, 3.8) is 0 Å². The standard InChI is InChI=1S/C9H9N4O4P/c10-8(14)7-5-13-6(2-4-18(15,16)17)1-3-11-9(13)12-7/h1-5H,(H2,10,14)(H2,15,16,17). The lowest BCUT2D eigenvalue weighted by Crippen LogP contribution is -2.10. The van der Waals surface area contributed by atoms with Crippen molar-refractivity contribution in [1.82, 2.24) is 14.4 Å². The van der Waals surface area contributed by atoms with Gasteiger partial charge in [-0.25, -0.2) is 9.97 Å². The van der Waals surface area contributed by atoms with Crippen LogP contribution in [-0.4, -0.2) is 30.1 Å². The van der Waals surface area contributed by atoms with Crippen LogP contribution in [0.5, 0.6) is 0 Å². The van der Waals surface area contributed by atoms with Crippen molar-refractivity contribution in [3.8, 4) is 0 Å². The molecule has 0 unspecified atom stereocenters. The van der Waals surface area contributed by atoms with Crippen molar-refractivity contribution in [2.45, 2.75) is 0 Å². The lowest BCUT2D eigenvalue weighted by molar-refractivity contribution is 0.0996. The van der Waals surface area contributed by atoms with Gasteiger partial charge in [-0.15, -0.1) is 0 Å². The molecule has 94 valence electrons. The molecule has 0 aliphatic heterocycles. The summed E-state index contributed by atoms with van der Waals surface area (Å²) in [6.07, 6.45) is 3.98. The van der Waals surface area contributed by atoms with Gasteiger partial charge in [0.15, 0.2) is 0 Å². The molecular formula is C9H9N4O4P. The highest BCUT2D eigenvalue weighted by Gasteiger charge is 2.10. The van der Waals surface area contributed by atoms with Crippen LogP contribution in [0.3, 0.4) is 0 Å². The van der Waals surface area contributed by atoms with Gasteiger partial charge in [-0.1, -0.05) is 0 Å². The fraction of sp³-hybridized carbons (Fsp3) is 0. The molecule has 0 aliphatic rings. The molecule has 0 spiro atoms. The van der Waals surface area contributed by atoms with Crippen LogP contribution in [-0.2, 0) is 4.57 Å². The summed E-state index contributed by atoms with van der Waals surface area (Å²) in [5, 5.41) is 0. The smallest absolute Gasteiger partial charge is 0.349 e. The van der Waals surface area contributed by atoms with Gasteiger partial charge in [-0.3, -0.25) is 13.8 Å². The Labute approximate surface area is 101 Å². The third-order valence-electron chi connectivity index (χ3n) is 2.09. The number of carbonyl (C=O) groups excluding carboxylic acids is 1. The number of hydrogen-bond donors (Lipinski definition) is 3. The van der Waals surface area contributed by atoms with Crippen molar-refractivity contribution in [1.29, 1.82) is 0 Å². The quantitative estimate of drug-likeness (QED) is 0.670. The number of imidazole rings is 1. The zero-order valence-electron chi connectivity index (χ0n) is 8.96. The maximum atomic E-state index is 11.0. The minimum atomic E-state index is -4.25. The maximum absolute atomic E-state index is 11.0. The Morgan fingerprint density at radius 1 is 1.50 bits per heavy atom. The van der Waals surface area contributed by atoms with Crippen LogP contribution in [0.2, 0.25) is 0 Å². The summed E-state index contributed by atoms with van der Waals surface area (Å²) >= 11 is 0. The van der Waals surface area contributed by atoms with Crippen molar-refractivity contribution in [2.24, 2.45) is 5.73 Å². The van der Waals surface area contributed by atoms with Crippen LogP contribution in [0.15, 0.2) is 24.3 Å². The van der Waals surface area contributed by atoms with Gasteiger partial charge in [0, 0.05) is 18.2 Å². The van der Waals surface area contributed by atoms with Crippen molar-refractivity contribution in [3.05, 3.63) is 35.7 Å². The molecule has 0 aromatic carbocycles. The number of amides is 1. The van der Waals surface area contributed by atoms with E-state index >= 15 is 0 Å². The second kappa shape index (κ2) is 4.34. The molecule has 1 amide bonds. The first-order valence-corrected chi connectivity index (χ1v) is 6.43. The summed E-state index contributed by atoms with van der Waals surface area (Å²) in [6.45, 7) is 0. The van der Waals surface area contributed by atoms with Gasteiger partial charge in [0.05, 0.1) is 5.69 Å². The van der Waals surface area contributed by atoms with Crippen LogP contribution in [0.25, 0.3) is 11.9 Å². The Morgan fingerprint density at radius 2 is 2.22 bits per heavy atom. The van der Waals surface area contributed by atoms with Crippen molar-refractivity contribution in [2.75, 3.05) is 0 Å². The molecule has 2 aromatic rings. The average molecular weight is 268 g/mol. The zero-order chi connectivity index (χ0) is 13.3. The van der Waals surface area contributed by atoms with E-state index in [4.69, 9.17) is 15.5 Å². The normalized spacial score (nSPS) is 12.3. The average Bonchev–Trinajstić information content (AvgIpc) is 2.69. The van der Waals surface area contributed by atoms with Crippen LogP contribution in [0.4, 0.5) is 0 Å². The lowest BCUT2D eigenvalue weighted by atomic mass is 10.4. The topological polar surface area (TPSA) is 131 Å². The van der Waals surface area contributed by atoms with E-state index in [-0.39, 0.29) is 11.5 Å². The fourth-order valence-corrected chi connectivity index (χ4v) is 1.69. The first-order chi connectivity index (χ1) is 8.37. The molecular weight excluding hydrogens is 259 g/mol. The predicted molar refractivity (Wildman–Crippen MR) is 62.6 cm³/mol. The number of hydrogen-bond acceptors (Lipinski definition) is 4. The van der Waals surface area contributed by atoms with E-state index in [0.717, 1.165) is 5.82 Å². The molecule has 2 aromatic heterocycles. The second-order valence-electron chi connectivity index (χ2n) is 3.43. The van der Waals surface area contributed by atoms with E-state index in [2.05, 4.69) is 9.97 Å². The van der Waals surface area contributed by atoms with Crippen LogP contribution < -0.4 is 5.73 Å². The zero-order valence-corrected chi connectivity index (χ0v) is 9.86. The van der Waals surface area contributed by atoms with Crippen LogP contribution in [0.1, 0.15) is 16.2 Å². The minimum absolute atomic E-state index is 0.0273. The summed E-state index contributed by atoms with van der Waals surface area (Å²) in [6, 6.07) is 1.52. The Bertz CT molecular complexity index is 687. The summed E-state index contributed by atoms with van der Waals surface area (Å²) in [5.41, 5.74) is 5.53. The number of fused-ring (bicyclic) bond motifs is 1. The maximum Gasteiger partial charge on any atom is 0.349 e. The van der Waals surface area contributed by atoms with E-state index in [1.807, 2.05) is 0 Å². The molecule has 8 nitrogen and oxygen atoms in total. The van der Waals surface area contributed by atoms with Gasteiger partial charge in [-0.05, 0) is 12.1 Å². The molecule has 0 saturated carbocycles. The number of primary amides is 1. The number of rotatable bonds is 3. The van der Waals surface area contributed by atoms with Gasteiger partial charge < -0.3 is 15.5 Å². The summed E-state index contributed by atoms with van der Waals surface area (Å²) in [7, 11) is -4.25. The third-order valence-corrected chi connectivity index (χ3v) is 2.63. The lowest BCUT2D eigenvalue weighted by Gasteiger charge is -1.99. The molecule has 2 rings (SSSR count). The highest BCUT2D eigenvalue weighted by Crippen LogP contribution is 2.36. The Balaban J connectivity index is 2.55. The molecule has 0 fully saturated rings. The molecule has 0 aliphatic carbocycles. The van der Waals surface area contributed by atoms with Gasteiger partial charge in [0.1, 0.15) is 5.69 Å². The molecule has 0 bridgehead atoms. The summed E-state index contributed by atoms with van der Waals surface area (Å²) in [5.74, 6) is 0.271.